The molecule has 1 heteroatoms. The van der Waals surface area contributed by atoms with E-state index in [2.05, 4.69) is 85.8 Å². The van der Waals surface area contributed by atoms with Crippen LogP contribution in [-0.4, -0.2) is 0 Å². The first kappa shape index (κ1) is 14.1. The highest BCUT2D eigenvalue weighted by Gasteiger charge is 2.29. The standard InChI is InChI=1S/C22H20O/c1-16-11-13-17(14-12-16)20-15-22(18-7-3-2-4-8-18)23-21-10-6-5-9-19(20)21/h2-14,20,22H,15H2,1H3/t20-,22+/m1/s1. The first-order chi connectivity index (χ1) is 11.3. The van der Waals surface area contributed by atoms with Crippen molar-refractivity contribution >= 4 is 0 Å². The third kappa shape index (κ3) is 2.75. The molecule has 0 aliphatic carbocycles. The van der Waals surface area contributed by atoms with E-state index in [1.165, 1.54) is 22.3 Å². The summed E-state index contributed by atoms with van der Waals surface area (Å²) >= 11 is 0. The minimum absolute atomic E-state index is 0.109. The van der Waals surface area contributed by atoms with E-state index < -0.39 is 0 Å². The third-order valence-electron chi connectivity index (χ3n) is 4.66. The zero-order valence-corrected chi connectivity index (χ0v) is 13.3. The predicted octanol–water partition coefficient (Wildman–Crippen LogP) is 5.65. The van der Waals surface area contributed by atoms with Gasteiger partial charge in [-0.15, -0.1) is 0 Å². The lowest BCUT2D eigenvalue weighted by atomic mass is 9.82. The van der Waals surface area contributed by atoms with Gasteiger partial charge in [-0.1, -0.05) is 78.4 Å². The molecule has 1 heterocycles. The lowest BCUT2D eigenvalue weighted by Crippen LogP contribution is -2.19. The van der Waals surface area contributed by atoms with Gasteiger partial charge in [-0.2, -0.15) is 0 Å². The Morgan fingerprint density at radius 3 is 2.22 bits per heavy atom. The topological polar surface area (TPSA) is 9.23 Å². The number of hydrogen-bond donors (Lipinski definition) is 0. The summed E-state index contributed by atoms with van der Waals surface area (Å²) in [4.78, 5) is 0. The van der Waals surface area contributed by atoms with Crippen molar-refractivity contribution in [2.24, 2.45) is 0 Å². The first-order valence-corrected chi connectivity index (χ1v) is 8.18. The monoisotopic (exact) mass is 300 g/mol. The van der Waals surface area contributed by atoms with E-state index in [1.54, 1.807) is 0 Å². The summed E-state index contributed by atoms with van der Waals surface area (Å²) in [7, 11) is 0. The van der Waals surface area contributed by atoms with Gasteiger partial charge in [0, 0.05) is 11.5 Å². The average molecular weight is 300 g/mol. The van der Waals surface area contributed by atoms with E-state index in [-0.39, 0.29) is 6.10 Å². The minimum Gasteiger partial charge on any atom is -0.485 e. The van der Waals surface area contributed by atoms with Gasteiger partial charge in [0.1, 0.15) is 11.9 Å². The van der Waals surface area contributed by atoms with Crippen molar-refractivity contribution in [3.63, 3.8) is 0 Å². The van der Waals surface area contributed by atoms with Crippen LogP contribution in [0.25, 0.3) is 0 Å². The molecule has 0 spiro atoms. The Morgan fingerprint density at radius 1 is 0.739 bits per heavy atom. The van der Waals surface area contributed by atoms with E-state index >= 15 is 0 Å². The second-order valence-corrected chi connectivity index (χ2v) is 6.25. The summed E-state index contributed by atoms with van der Waals surface area (Å²) in [5.74, 6) is 1.39. The summed E-state index contributed by atoms with van der Waals surface area (Å²) in [6, 6.07) is 27.9. The Bertz CT molecular complexity index is 790. The van der Waals surface area contributed by atoms with Crippen molar-refractivity contribution in [2.45, 2.75) is 25.4 Å². The number of para-hydroxylation sites is 1. The van der Waals surface area contributed by atoms with Crippen LogP contribution < -0.4 is 4.74 Å². The van der Waals surface area contributed by atoms with Gasteiger partial charge in [-0.05, 0) is 30.5 Å². The molecule has 0 N–H and O–H groups in total. The van der Waals surface area contributed by atoms with Crippen LogP contribution in [-0.2, 0) is 0 Å². The maximum atomic E-state index is 6.29. The molecule has 3 aromatic carbocycles. The molecule has 0 aromatic heterocycles. The van der Waals surface area contributed by atoms with Crippen molar-refractivity contribution in [2.75, 3.05) is 0 Å². The van der Waals surface area contributed by atoms with Gasteiger partial charge in [-0.25, -0.2) is 0 Å². The molecule has 3 aromatic rings. The van der Waals surface area contributed by atoms with Gasteiger partial charge in [0.25, 0.3) is 0 Å². The van der Waals surface area contributed by atoms with Gasteiger partial charge in [0.2, 0.25) is 0 Å². The molecule has 23 heavy (non-hydrogen) atoms. The van der Waals surface area contributed by atoms with Crippen LogP contribution in [0.1, 0.15) is 40.7 Å². The fraction of sp³-hybridized carbons (Fsp3) is 0.182. The molecule has 114 valence electrons. The van der Waals surface area contributed by atoms with Gasteiger partial charge in [-0.3, -0.25) is 0 Å². The molecule has 2 atom stereocenters. The summed E-state index contributed by atoms with van der Waals surface area (Å²) in [6.45, 7) is 2.13. The van der Waals surface area contributed by atoms with Crippen molar-refractivity contribution in [1.29, 1.82) is 0 Å². The lowest BCUT2D eigenvalue weighted by Gasteiger charge is -2.33. The van der Waals surface area contributed by atoms with Crippen LogP contribution in [0.4, 0.5) is 0 Å². The summed E-state index contributed by atoms with van der Waals surface area (Å²) < 4.78 is 6.29. The first-order valence-electron chi connectivity index (χ1n) is 8.18. The van der Waals surface area contributed by atoms with Gasteiger partial charge in [0.15, 0.2) is 0 Å². The Labute approximate surface area is 137 Å². The number of rotatable bonds is 2. The lowest BCUT2D eigenvalue weighted by molar-refractivity contribution is 0.167. The minimum atomic E-state index is 0.109. The Kier molecular flexibility index (Phi) is 3.63. The van der Waals surface area contributed by atoms with Crippen molar-refractivity contribution in [1.82, 2.24) is 0 Å². The second-order valence-electron chi connectivity index (χ2n) is 6.25. The zero-order valence-electron chi connectivity index (χ0n) is 13.3. The Hall–Kier alpha value is -2.54. The highest BCUT2D eigenvalue weighted by atomic mass is 16.5. The van der Waals surface area contributed by atoms with Crippen LogP contribution in [0.15, 0.2) is 78.9 Å². The van der Waals surface area contributed by atoms with Gasteiger partial charge in [0.05, 0.1) is 0 Å². The third-order valence-corrected chi connectivity index (χ3v) is 4.66. The maximum absolute atomic E-state index is 6.29. The van der Waals surface area contributed by atoms with Crippen molar-refractivity contribution < 1.29 is 4.74 Å². The van der Waals surface area contributed by atoms with Gasteiger partial charge < -0.3 is 4.74 Å². The van der Waals surface area contributed by atoms with E-state index in [1.807, 2.05) is 0 Å². The number of aryl methyl sites for hydroxylation is 1. The molecular formula is C22H20O. The maximum Gasteiger partial charge on any atom is 0.125 e. The summed E-state index contributed by atoms with van der Waals surface area (Å²) in [6.07, 6.45) is 1.08. The number of fused-ring (bicyclic) bond motifs is 1. The van der Waals surface area contributed by atoms with E-state index in [0.717, 1.165) is 12.2 Å². The summed E-state index contributed by atoms with van der Waals surface area (Å²) in [5.41, 5.74) is 5.21. The molecule has 1 aliphatic rings. The van der Waals surface area contributed by atoms with Crippen LogP contribution in [0.5, 0.6) is 5.75 Å². The van der Waals surface area contributed by atoms with Crippen molar-refractivity contribution in [3.05, 3.63) is 101 Å². The quantitative estimate of drug-likeness (QED) is 0.594. The fourth-order valence-corrected chi connectivity index (χ4v) is 3.40. The largest absolute Gasteiger partial charge is 0.485 e. The average Bonchev–Trinajstić information content (AvgIpc) is 2.62. The zero-order chi connectivity index (χ0) is 15.6. The molecular weight excluding hydrogens is 280 g/mol. The number of hydrogen-bond acceptors (Lipinski definition) is 1. The molecule has 0 amide bonds. The van der Waals surface area contributed by atoms with E-state index in [4.69, 9.17) is 4.74 Å². The highest BCUT2D eigenvalue weighted by molar-refractivity contribution is 5.45. The number of benzene rings is 3. The van der Waals surface area contributed by atoms with Crippen molar-refractivity contribution in [3.8, 4) is 5.75 Å². The molecule has 4 rings (SSSR count). The fourth-order valence-electron chi connectivity index (χ4n) is 3.40. The Morgan fingerprint density at radius 2 is 1.43 bits per heavy atom. The smallest absolute Gasteiger partial charge is 0.125 e. The molecule has 0 saturated heterocycles. The van der Waals surface area contributed by atoms with Gasteiger partial charge >= 0.3 is 0 Å². The molecule has 1 nitrogen and oxygen atoms in total. The molecule has 0 unspecified atom stereocenters. The number of ether oxygens (including phenoxy) is 1. The molecule has 0 radical (unpaired) electrons. The van der Waals surface area contributed by atoms with E-state index in [0.29, 0.717) is 5.92 Å². The molecule has 1 aliphatic heterocycles. The molecule has 0 fully saturated rings. The van der Waals surface area contributed by atoms with Crippen LogP contribution >= 0.6 is 0 Å². The molecule has 0 bridgehead atoms. The second kappa shape index (κ2) is 5.92. The molecule has 0 saturated carbocycles. The Balaban J connectivity index is 1.76. The van der Waals surface area contributed by atoms with E-state index in [9.17, 15) is 0 Å². The normalized spacial score (nSPS) is 19.7. The predicted molar refractivity (Wildman–Crippen MR) is 93.9 cm³/mol. The highest BCUT2D eigenvalue weighted by Crippen LogP contribution is 2.44. The SMILES string of the molecule is Cc1ccc([C@H]2C[C@@H](c3ccccc3)Oc3ccccc32)cc1. The summed E-state index contributed by atoms with van der Waals surface area (Å²) in [5, 5.41) is 0. The van der Waals surface area contributed by atoms with Crippen LogP contribution in [0.2, 0.25) is 0 Å². The van der Waals surface area contributed by atoms with Crippen LogP contribution in [0, 0.1) is 6.92 Å². The van der Waals surface area contributed by atoms with Crippen LogP contribution in [0.3, 0.4) is 0 Å².